The summed E-state index contributed by atoms with van der Waals surface area (Å²) >= 11 is 2.21. The number of esters is 1. The van der Waals surface area contributed by atoms with Gasteiger partial charge in [-0.05, 0) is 40.3 Å². The molecular weight excluding hydrogens is 293 g/mol. The number of methoxy groups -OCH3 is 1. The van der Waals surface area contributed by atoms with Crippen LogP contribution in [0.4, 0.5) is 0 Å². The third-order valence-corrected chi connectivity index (χ3v) is 2.56. The van der Waals surface area contributed by atoms with Crippen LogP contribution in [-0.2, 0) is 9.53 Å². The Morgan fingerprint density at radius 1 is 1.64 bits per heavy atom. The lowest BCUT2D eigenvalue weighted by Gasteiger charge is -2.10. The van der Waals surface area contributed by atoms with Gasteiger partial charge in [-0.1, -0.05) is 12.1 Å². The minimum Gasteiger partial charge on any atom is -0.469 e. The fraction of sp³-hybridized carbons (Fsp3) is 0.300. The predicted octanol–water partition coefficient (Wildman–Crippen LogP) is 1.85. The Hall–Kier alpha value is -0.620. The van der Waals surface area contributed by atoms with Crippen LogP contribution in [-0.4, -0.2) is 13.1 Å². The maximum absolute atomic E-state index is 11.0. The Morgan fingerprint density at radius 2 is 2.36 bits per heavy atom. The van der Waals surface area contributed by atoms with E-state index in [-0.39, 0.29) is 18.4 Å². The SMILES string of the molecule is COC(=O)C[C@@H](N)c1cccc(I)c1. The molecule has 4 heteroatoms. The molecule has 3 nitrogen and oxygen atoms in total. The Kier molecular flexibility index (Phi) is 4.34. The highest BCUT2D eigenvalue weighted by atomic mass is 127. The van der Waals surface area contributed by atoms with Gasteiger partial charge < -0.3 is 10.5 Å². The van der Waals surface area contributed by atoms with E-state index in [1.165, 1.54) is 7.11 Å². The van der Waals surface area contributed by atoms with Gasteiger partial charge in [-0.2, -0.15) is 0 Å². The van der Waals surface area contributed by atoms with Crippen LogP contribution in [0.1, 0.15) is 18.0 Å². The van der Waals surface area contributed by atoms with Gasteiger partial charge in [0.25, 0.3) is 0 Å². The van der Waals surface area contributed by atoms with Crippen LogP contribution >= 0.6 is 22.6 Å². The number of nitrogens with two attached hydrogens (primary N) is 1. The van der Waals surface area contributed by atoms with Crippen LogP contribution in [0.3, 0.4) is 0 Å². The van der Waals surface area contributed by atoms with E-state index in [2.05, 4.69) is 27.3 Å². The van der Waals surface area contributed by atoms with Gasteiger partial charge in [0.1, 0.15) is 0 Å². The molecule has 1 atom stereocenters. The van der Waals surface area contributed by atoms with Crippen LogP contribution in [0.5, 0.6) is 0 Å². The lowest BCUT2D eigenvalue weighted by Crippen LogP contribution is -2.16. The second kappa shape index (κ2) is 5.31. The number of carbonyl (C=O) groups is 1. The summed E-state index contributed by atoms with van der Waals surface area (Å²) < 4.78 is 5.66. The zero-order valence-corrected chi connectivity index (χ0v) is 10.0. The van der Waals surface area contributed by atoms with Crippen molar-refractivity contribution in [2.75, 3.05) is 7.11 Å². The topological polar surface area (TPSA) is 52.3 Å². The summed E-state index contributed by atoms with van der Waals surface area (Å²) in [6, 6.07) is 7.50. The lowest BCUT2D eigenvalue weighted by atomic mass is 10.1. The number of halogens is 1. The summed E-state index contributed by atoms with van der Waals surface area (Å²) in [6.45, 7) is 0. The summed E-state index contributed by atoms with van der Waals surface area (Å²) in [5, 5.41) is 0. The van der Waals surface area contributed by atoms with Crippen LogP contribution in [0, 0.1) is 3.57 Å². The number of ether oxygens (including phenoxy) is 1. The van der Waals surface area contributed by atoms with E-state index in [4.69, 9.17) is 5.73 Å². The molecule has 0 saturated carbocycles. The normalized spacial score (nSPS) is 12.2. The maximum atomic E-state index is 11.0. The Balaban J connectivity index is 2.69. The quantitative estimate of drug-likeness (QED) is 0.685. The van der Waals surface area contributed by atoms with E-state index < -0.39 is 0 Å². The molecule has 0 unspecified atom stereocenters. The van der Waals surface area contributed by atoms with Gasteiger partial charge in [0, 0.05) is 9.61 Å². The molecule has 0 amide bonds. The first-order valence-electron chi connectivity index (χ1n) is 4.21. The summed E-state index contributed by atoms with van der Waals surface area (Å²) in [4.78, 5) is 11.0. The van der Waals surface area contributed by atoms with Crippen LogP contribution in [0.15, 0.2) is 24.3 Å². The second-order valence-corrected chi connectivity index (χ2v) is 4.19. The van der Waals surface area contributed by atoms with Crippen LogP contribution in [0.2, 0.25) is 0 Å². The first-order valence-corrected chi connectivity index (χ1v) is 5.29. The molecule has 0 saturated heterocycles. The molecule has 0 aliphatic carbocycles. The van der Waals surface area contributed by atoms with Crippen molar-refractivity contribution < 1.29 is 9.53 Å². The summed E-state index contributed by atoms with van der Waals surface area (Å²) in [6.07, 6.45) is 0.219. The molecule has 0 aliphatic heterocycles. The maximum Gasteiger partial charge on any atom is 0.307 e. The molecule has 1 rings (SSSR count). The van der Waals surface area contributed by atoms with E-state index >= 15 is 0 Å². The zero-order chi connectivity index (χ0) is 10.6. The minimum absolute atomic E-state index is 0.219. The second-order valence-electron chi connectivity index (χ2n) is 2.94. The fourth-order valence-corrected chi connectivity index (χ4v) is 1.69. The van der Waals surface area contributed by atoms with Gasteiger partial charge in [-0.3, -0.25) is 4.79 Å². The molecule has 0 fully saturated rings. The van der Waals surface area contributed by atoms with E-state index in [0.29, 0.717) is 0 Å². The minimum atomic E-state index is -0.281. The van der Waals surface area contributed by atoms with E-state index in [0.717, 1.165) is 9.13 Å². The average molecular weight is 305 g/mol. The number of carbonyl (C=O) groups excluding carboxylic acids is 1. The summed E-state index contributed by atoms with van der Waals surface area (Å²) in [5.74, 6) is -0.281. The van der Waals surface area contributed by atoms with Gasteiger partial charge in [0.15, 0.2) is 0 Å². The Morgan fingerprint density at radius 3 is 2.93 bits per heavy atom. The molecule has 1 aromatic carbocycles. The van der Waals surface area contributed by atoms with Gasteiger partial charge in [-0.25, -0.2) is 0 Å². The van der Waals surface area contributed by atoms with Gasteiger partial charge in [-0.15, -0.1) is 0 Å². The third kappa shape index (κ3) is 3.26. The highest BCUT2D eigenvalue weighted by Crippen LogP contribution is 2.16. The van der Waals surface area contributed by atoms with Crippen molar-refractivity contribution in [1.29, 1.82) is 0 Å². The van der Waals surface area contributed by atoms with Crippen LogP contribution in [0.25, 0.3) is 0 Å². The number of benzene rings is 1. The monoisotopic (exact) mass is 305 g/mol. The van der Waals surface area contributed by atoms with Crippen LogP contribution < -0.4 is 5.73 Å². The molecule has 14 heavy (non-hydrogen) atoms. The van der Waals surface area contributed by atoms with Crippen molar-refractivity contribution in [3.63, 3.8) is 0 Å². The summed E-state index contributed by atoms with van der Waals surface area (Å²) in [5.41, 5.74) is 6.80. The fourth-order valence-electron chi connectivity index (χ4n) is 1.12. The number of hydrogen-bond donors (Lipinski definition) is 1. The van der Waals surface area contributed by atoms with E-state index in [1.54, 1.807) is 0 Å². The molecule has 0 heterocycles. The molecule has 0 bridgehead atoms. The summed E-state index contributed by atoms with van der Waals surface area (Å²) in [7, 11) is 1.36. The van der Waals surface area contributed by atoms with E-state index in [9.17, 15) is 4.79 Å². The van der Waals surface area contributed by atoms with Crippen molar-refractivity contribution in [2.24, 2.45) is 5.73 Å². The van der Waals surface area contributed by atoms with Crippen molar-refractivity contribution in [3.05, 3.63) is 33.4 Å². The number of rotatable bonds is 3. The zero-order valence-electron chi connectivity index (χ0n) is 7.87. The van der Waals surface area contributed by atoms with Gasteiger partial charge in [0.2, 0.25) is 0 Å². The molecule has 0 aromatic heterocycles. The van der Waals surface area contributed by atoms with Gasteiger partial charge in [0.05, 0.1) is 13.5 Å². The van der Waals surface area contributed by atoms with Gasteiger partial charge >= 0.3 is 5.97 Å². The number of hydrogen-bond acceptors (Lipinski definition) is 3. The van der Waals surface area contributed by atoms with Crippen molar-refractivity contribution in [2.45, 2.75) is 12.5 Å². The lowest BCUT2D eigenvalue weighted by molar-refractivity contribution is -0.141. The Bertz CT molecular complexity index is 328. The Labute approximate surface area is 96.8 Å². The highest BCUT2D eigenvalue weighted by Gasteiger charge is 2.11. The molecule has 2 N–H and O–H groups in total. The average Bonchev–Trinajstić information content (AvgIpc) is 2.17. The van der Waals surface area contributed by atoms with Crippen molar-refractivity contribution >= 4 is 28.6 Å². The predicted molar refractivity (Wildman–Crippen MR) is 62.7 cm³/mol. The van der Waals surface area contributed by atoms with Crippen molar-refractivity contribution in [3.8, 4) is 0 Å². The third-order valence-electron chi connectivity index (χ3n) is 1.89. The smallest absolute Gasteiger partial charge is 0.307 e. The molecule has 0 radical (unpaired) electrons. The molecular formula is C10H12INO2. The molecule has 1 aromatic rings. The first kappa shape index (κ1) is 11.5. The first-order chi connectivity index (χ1) is 6.63. The van der Waals surface area contributed by atoms with Crippen molar-refractivity contribution in [1.82, 2.24) is 0 Å². The standard InChI is InChI=1S/C10H12INO2/c1-14-10(13)6-9(12)7-3-2-4-8(11)5-7/h2-5,9H,6,12H2,1H3/t9-/m1/s1. The molecule has 0 aliphatic rings. The highest BCUT2D eigenvalue weighted by molar-refractivity contribution is 14.1. The molecule has 0 spiro atoms. The largest absolute Gasteiger partial charge is 0.469 e. The van der Waals surface area contributed by atoms with E-state index in [1.807, 2.05) is 24.3 Å². The molecule has 76 valence electrons.